The van der Waals surface area contributed by atoms with Crippen LogP contribution in [0.15, 0.2) is 30.3 Å². The lowest BCUT2D eigenvalue weighted by Gasteiger charge is -1.97. The first-order valence-corrected chi connectivity index (χ1v) is 3.36. The smallest absolute Gasteiger partial charge is 0.287 e. The number of hydrazine groups is 1. The number of benzene rings is 1. The van der Waals surface area contributed by atoms with Gasteiger partial charge < -0.3 is 0 Å². The molecule has 62 valence electrons. The highest BCUT2D eigenvalue weighted by atomic mass is 16.2. The van der Waals surface area contributed by atoms with E-state index in [-0.39, 0.29) is 0 Å². The number of Topliss-reactive ketones (excluding diaryl/α,β-unsaturated/α-hetero) is 1. The number of nitrogens with two attached hydrogens (primary N) is 1. The van der Waals surface area contributed by atoms with Crippen LogP contribution in [0.25, 0.3) is 0 Å². The number of hydrogen-bond acceptors (Lipinski definition) is 3. The van der Waals surface area contributed by atoms with Crippen LogP contribution in [0.4, 0.5) is 0 Å². The minimum absolute atomic E-state index is 0.334. The standard InChI is InChI=1S/C8H8N2O2/c9-10-8(12)7(11)6-4-2-1-3-5-6/h1-5H,9H2,(H,10,12). The summed E-state index contributed by atoms with van der Waals surface area (Å²) in [5.74, 6) is 3.36. The Morgan fingerprint density at radius 3 is 2.25 bits per heavy atom. The predicted molar refractivity (Wildman–Crippen MR) is 43.1 cm³/mol. The van der Waals surface area contributed by atoms with Crippen molar-refractivity contribution in [2.75, 3.05) is 0 Å². The van der Waals surface area contributed by atoms with E-state index in [9.17, 15) is 9.59 Å². The summed E-state index contributed by atoms with van der Waals surface area (Å²) in [6.45, 7) is 0. The van der Waals surface area contributed by atoms with E-state index in [1.54, 1.807) is 35.8 Å². The maximum Gasteiger partial charge on any atom is 0.306 e. The number of rotatable bonds is 2. The highest BCUT2D eigenvalue weighted by Crippen LogP contribution is 1.98. The zero-order valence-electron chi connectivity index (χ0n) is 6.28. The van der Waals surface area contributed by atoms with Crippen molar-refractivity contribution in [2.24, 2.45) is 5.84 Å². The largest absolute Gasteiger partial charge is 0.306 e. The Labute approximate surface area is 69.3 Å². The molecule has 0 atom stereocenters. The summed E-state index contributed by atoms with van der Waals surface area (Å²) in [4.78, 5) is 21.8. The molecule has 0 unspecified atom stereocenters. The van der Waals surface area contributed by atoms with Crippen molar-refractivity contribution in [1.29, 1.82) is 0 Å². The Hall–Kier alpha value is -1.68. The van der Waals surface area contributed by atoms with Crippen molar-refractivity contribution < 1.29 is 9.59 Å². The predicted octanol–water partition coefficient (Wildman–Crippen LogP) is -0.141. The van der Waals surface area contributed by atoms with E-state index in [1.165, 1.54) is 0 Å². The summed E-state index contributed by atoms with van der Waals surface area (Å²) in [7, 11) is 0. The molecular weight excluding hydrogens is 156 g/mol. The molecule has 0 saturated heterocycles. The summed E-state index contributed by atoms with van der Waals surface area (Å²) in [5, 5.41) is 0. The van der Waals surface area contributed by atoms with E-state index in [2.05, 4.69) is 0 Å². The maximum atomic E-state index is 11.1. The second-order valence-electron chi connectivity index (χ2n) is 2.17. The quantitative estimate of drug-likeness (QED) is 0.210. The number of nitrogens with one attached hydrogen (secondary N) is 1. The molecule has 0 aliphatic rings. The molecule has 12 heavy (non-hydrogen) atoms. The topological polar surface area (TPSA) is 72.2 Å². The highest BCUT2D eigenvalue weighted by Gasteiger charge is 2.13. The van der Waals surface area contributed by atoms with Crippen LogP contribution in [0.1, 0.15) is 10.4 Å². The molecule has 0 fully saturated rings. The summed E-state index contributed by atoms with van der Waals surface area (Å²) in [6.07, 6.45) is 0. The molecule has 4 nitrogen and oxygen atoms in total. The lowest BCUT2D eigenvalue weighted by Crippen LogP contribution is -2.36. The van der Waals surface area contributed by atoms with Gasteiger partial charge in [0.15, 0.2) is 0 Å². The van der Waals surface area contributed by atoms with Gasteiger partial charge in [0.1, 0.15) is 0 Å². The Morgan fingerprint density at radius 1 is 1.17 bits per heavy atom. The molecule has 1 aromatic rings. The molecular formula is C8H8N2O2. The highest BCUT2D eigenvalue weighted by molar-refractivity contribution is 6.42. The molecule has 0 aliphatic heterocycles. The first kappa shape index (κ1) is 8.42. The van der Waals surface area contributed by atoms with Gasteiger partial charge in [0.05, 0.1) is 0 Å². The normalized spacial score (nSPS) is 9.08. The van der Waals surface area contributed by atoms with Crippen LogP contribution in [0, 0.1) is 0 Å². The van der Waals surface area contributed by atoms with Crippen LogP contribution in [0.2, 0.25) is 0 Å². The van der Waals surface area contributed by atoms with Crippen LogP contribution in [0.5, 0.6) is 0 Å². The van der Waals surface area contributed by atoms with E-state index in [4.69, 9.17) is 5.84 Å². The minimum Gasteiger partial charge on any atom is -0.287 e. The summed E-state index contributed by atoms with van der Waals surface area (Å²) >= 11 is 0. The van der Waals surface area contributed by atoms with Crippen molar-refractivity contribution in [3.63, 3.8) is 0 Å². The third kappa shape index (κ3) is 1.67. The van der Waals surface area contributed by atoms with Crippen LogP contribution in [-0.4, -0.2) is 11.7 Å². The second kappa shape index (κ2) is 3.64. The molecule has 4 heteroatoms. The summed E-state index contributed by atoms with van der Waals surface area (Å²) in [5.41, 5.74) is 2.11. The first-order chi connectivity index (χ1) is 5.75. The lowest BCUT2D eigenvalue weighted by atomic mass is 10.1. The molecule has 1 aromatic carbocycles. The second-order valence-corrected chi connectivity index (χ2v) is 2.17. The van der Waals surface area contributed by atoms with Crippen molar-refractivity contribution in [1.82, 2.24) is 5.43 Å². The third-order valence-electron chi connectivity index (χ3n) is 1.37. The fourth-order valence-electron chi connectivity index (χ4n) is 0.786. The van der Waals surface area contributed by atoms with Gasteiger partial charge in [-0.25, -0.2) is 5.84 Å². The summed E-state index contributed by atoms with van der Waals surface area (Å²) in [6, 6.07) is 8.22. The number of carbonyl (C=O) groups excluding carboxylic acids is 2. The van der Waals surface area contributed by atoms with Crippen molar-refractivity contribution in [2.45, 2.75) is 0 Å². The summed E-state index contributed by atoms with van der Waals surface area (Å²) < 4.78 is 0. The average molecular weight is 164 g/mol. The van der Waals surface area contributed by atoms with Crippen molar-refractivity contribution >= 4 is 11.7 Å². The molecule has 1 rings (SSSR count). The van der Waals surface area contributed by atoms with Gasteiger partial charge in [-0.15, -0.1) is 0 Å². The lowest BCUT2D eigenvalue weighted by molar-refractivity contribution is -0.117. The third-order valence-corrected chi connectivity index (χ3v) is 1.37. The van der Waals surface area contributed by atoms with Crippen LogP contribution >= 0.6 is 0 Å². The molecule has 1 amide bonds. The van der Waals surface area contributed by atoms with Crippen LogP contribution < -0.4 is 11.3 Å². The zero-order chi connectivity index (χ0) is 8.97. The fourth-order valence-corrected chi connectivity index (χ4v) is 0.786. The van der Waals surface area contributed by atoms with Crippen LogP contribution in [-0.2, 0) is 4.79 Å². The van der Waals surface area contributed by atoms with Gasteiger partial charge in [0.25, 0.3) is 5.78 Å². The van der Waals surface area contributed by atoms with Gasteiger partial charge in [0.2, 0.25) is 0 Å². The van der Waals surface area contributed by atoms with Gasteiger partial charge in [-0.1, -0.05) is 30.3 Å². The molecule has 3 N–H and O–H groups in total. The number of amides is 1. The minimum atomic E-state index is -0.804. The van der Waals surface area contributed by atoms with Gasteiger partial charge in [-0.3, -0.25) is 15.0 Å². The molecule has 0 saturated carbocycles. The zero-order valence-corrected chi connectivity index (χ0v) is 6.28. The van der Waals surface area contributed by atoms with E-state index >= 15 is 0 Å². The Morgan fingerprint density at radius 2 is 1.75 bits per heavy atom. The molecule has 0 radical (unpaired) electrons. The Bertz CT molecular complexity index is 295. The maximum absolute atomic E-state index is 11.1. The van der Waals surface area contributed by atoms with E-state index < -0.39 is 11.7 Å². The van der Waals surface area contributed by atoms with E-state index in [1.807, 2.05) is 0 Å². The average Bonchev–Trinajstić information content (AvgIpc) is 2.17. The Balaban J connectivity index is 2.86. The van der Waals surface area contributed by atoms with Crippen LogP contribution in [0.3, 0.4) is 0 Å². The van der Waals surface area contributed by atoms with Crippen molar-refractivity contribution in [3.8, 4) is 0 Å². The SMILES string of the molecule is NNC(=O)C(=O)c1ccccc1. The molecule has 0 aromatic heterocycles. The van der Waals surface area contributed by atoms with E-state index in [0.717, 1.165) is 0 Å². The van der Waals surface area contributed by atoms with Gasteiger partial charge in [0, 0.05) is 5.56 Å². The molecule has 0 bridgehead atoms. The Kier molecular flexibility index (Phi) is 2.55. The number of hydrogen-bond donors (Lipinski definition) is 2. The van der Waals surface area contributed by atoms with Gasteiger partial charge in [-0.05, 0) is 0 Å². The first-order valence-electron chi connectivity index (χ1n) is 3.36. The number of carbonyl (C=O) groups is 2. The number of ketones is 1. The monoisotopic (exact) mass is 164 g/mol. The molecule has 0 spiro atoms. The van der Waals surface area contributed by atoms with Crippen molar-refractivity contribution in [3.05, 3.63) is 35.9 Å². The molecule has 0 heterocycles. The van der Waals surface area contributed by atoms with Gasteiger partial charge in [-0.2, -0.15) is 0 Å². The fraction of sp³-hybridized carbons (Fsp3) is 0. The van der Waals surface area contributed by atoms with E-state index in [0.29, 0.717) is 5.56 Å². The molecule has 0 aliphatic carbocycles. The van der Waals surface area contributed by atoms with Gasteiger partial charge >= 0.3 is 5.91 Å².